The summed E-state index contributed by atoms with van der Waals surface area (Å²) in [6.45, 7) is 9.21. The molecule has 7 heteroatoms. The summed E-state index contributed by atoms with van der Waals surface area (Å²) in [5.74, 6) is 2.00. The molecule has 3 heterocycles. The van der Waals surface area contributed by atoms with Gasteiger partial charge in [-0.05, 0) is 29.2 Å². The minimum absolute atomic E-state index is 0.0647. The summed E-state index contributed by atoms with van der Waals surface area (Å²) in [4.78, 5) is 26.7. The third-order valence-corrected chi connectivity index (χ3v) is 7.53. The highest BCUT2D eigenvalue weighted by Gasteiger charge is 2.24. The van der Waals surface area contributed by atoms with Crippen LogP contribution in [0.1, 0.15) is 29.8 Å². The molecule has 208 valence electrons. The molecular weight excluding hydrogens is 510 g/mol. The molecule has 7 nitrogen and oxygen atoms in total. The van der Waals surface area contributed by atoms with Crippen molar-refractivity contribution >= 4 is 22.8 Å². The van der Waals surface area contributed by atoms with Crippen molar-refractivity contribution in [3.05, 3.63) is 102 Å². The first-order valence-electron chi connectivity index (χ1n) is 14.3. The van der Waals surface area contributed by atoms with Crippen molar-refractivity contribution < 1.29 is 9.21 Å². The Kier molecular flexibility index (Phi) is 7.78. The van der Waals surface area contributed by atoms with Gasteiger partial charge in [0.15, 0.2) is 0 Å². The summed E-state index contributed by atoms with van der Waals surface area (Å²) in [6.07, 6.45) is 1.54. The molecule has 1 amide bonds. The molecule has 5 aromatic rings. The molecule has 6 rings (SSSR count). The highest BCUT2D eigenvalue weighted by Crippen LogP contribution is 2.42. The number of anilines is 1. The second-order valence-corrected chi connectivity index (χ2v) is 11.0. The Morgan fingerprint density at radius 2 is 1.54 bits per heavy atom. The van der Waals surface area contributed by atoms with Crippen molar-refractivity contribution in [1.82, 2.24) is 19.8 Å². The third-order valence-electron chi connectivity index (χ3n) is 7.53. The van der Waals surface area contributed by atoms with E-state index < -0.39 is 0 Å². The molecule has 41 heavy (non-hydrogen) atoms. The van der Waals surface area contributed by atoms with Gasteiger partial charge >= 0.3 is 0 Å². The van der Waals surface area contributed by atoms with Gasteiger partial charge in [0.2, 0.25) is 5.71 Å². The lowest BCUT2D eigenvalue weighted by molar-refractivity contribution is 0.0628. The van der Waals surface area contributed by atoms with Crippen LogP contribution < -0.4 is 5.32 Å². The van der Waals surface area contributed by atoms with Gasteiger partial charge in [-0.3, -0.25) is 9.69 Å². The van der Waals surface area contributed by atoms with Crippen LogP contribution in [0.25, 0.3) is 33.6 Å². The zero-order valence-corrected chi connectivity index (χ0v) is 23.6. The van der Waals surface area contributed by atoms with Crippen LogP contribution in [0, 0.1) is 5.92 Å². The highest BCUT2D eigenvalue weighted by molar-refractivity contribution is 6.06. The maximum atomic E-state index is 13.4. The van der Waals surface area contributed by atoms with Crippen molar-refractivity contribution in [2.45, 2.75) is 20.4 Å². The number of aromatic nitrogens is 2. The Morgan fingerprint density at radius 3 is 2.22 bits per heavy atom. The number of rotatable bonds is 8. The summed E-state index contributed by atoms with van der Waals surface area (Å²) in [7, 11) is 0. The number of hydrogen-bond acceptors (Lipinski definition) is 6. The van der Waals surface area contributed by atoms with E-state index in [4.69, 9.17) is 4.42 Å². The molecule has 0 spiro atoms. The number of benzene rings is 3. The van der Waals surface area contributed by atoms with Crippen LogP contribution in [-0.2, 0) is 6.54 Å². The topological polar surface area (TPSA) is 74.5 Å². The largest absolute Gasteiger partial charge is 0.437 e. The number of nitrogens with one attached hydrogen (secondary N) is 1. The molecule has 3 aromatic carbocycles. The average molecular weight is 546 g/mol. The predicted molar refractivity (Wildman–Crippen MR) is 164 cm³/mol. The molecule has 2 aromatic heterocycles. The SMILES string of the molecule is CC(C)CNc1ncnc2oc(-c3ccc(C(=O)N4CCN(Cc5ccccc5)CC4)cc3)c(-c3ccccc3)c12. The third kappa shape index (κ3) is 5.86. The number of hydrogen-bond donors (Lipinski definition) is 1. The minimum atomic E-state index is 0.0647. The molecule has 0 radical (unpaired) electrons. The number of amides is 1. The smallest absolute Gasteiger partial charge is 0.253 e. The molecule has 1 aliphatic rings. The zero-order valence-electron chi connectivity index (χ0n) is 23.6. The average Bonchev–Trinajstić information content (AvgIpc) is 3.41. The van der Waals surface area contributed by atoms with Crippen molar-refractivity contribution in [1.29, 1.82) is 0 Å². The first kappa shape index (κ1) is 26.7. The van der Waals surface area contributed by atoms with Crippen LogP contribution in [0.2, 0.25) is 0 Å². The maximum absolute atomic E-state index is 13.4. The van der Waals surface area contributed by atoms with E-state index in [2.05, 4.69) is 70.4 Å². The lowest BCUT2D eigenvalue weighted by Gasteiger charge is -2.34. The summed E-state index contributed by atoms with van der Waals surface area (Å²) >= 11 is 0. The number of furan rings is 1. The van der Waals surface area contributed by atoms with Gasteiger partial charge in [-0.2, -0.15) is 0 Å². The second kappa shape index (κ2) is 11.9. The fourth-order valence-electron chi connectivity index (χ4n) is 5.35. The van der Waals surface area contributed by atoms with Crippen LogP contribution >= 0.6 is 0 Å². The number of fused-ring (bicyclic) bond motifs is 1. The van der Waals surface area contributed by atoms with Crippen molar-refractivity contribution in [3.8, 4) is 22.5 Å². The van der Waals surface area contributed by atoms with Crippen LogP contribution in [0.4, 0.5) is 5.82 Å². The Bertz CT molecular complexity index is 1610. The number of carbonyl (C=O) groups excluding carboxylic acids is 1. The summed E-state index contributed by atoms with van der Waals surface area (Å²) in [5, 5.41) is 4.34. The number of piperazine rings is 1. The van der Waals surface area contributed by atoms with Gasteiger partial charge in [0, 0.05) is 56.0 Å². The molecule has 1 saturated heterocycles. The Hall–Kier alpha value is -4.49. The van der Waals surface area contributed by atoms with Gasteiger partial charge in [0.1, 0.15) is 17.9 Å². The van der Waals surface area contributed by atoms with Crippen LogP contribution in [0.3, 0.4) is 0 Å². The maximum Gasteiger partial charge on any atom is 0.253 e. The van der Waals surface area contributed by atoms with E-state index in [1.165, 1.54) is 11.9 Å². The molecule has 0 aliphatic carbocycles. The van der Waals surface area contributed by atoms with E-state index in [1.807, 2.05) is 53.4 Å². The molecular formula is C34H35N5O2. The van der Waals surface area contributed by atoms with E-state index in [0.717, 1.165) is 67.2 Å². The van der Waals surface area contributed by atoms with Gasteiger partial charge in [-0.15, -0.1) is 0 Å². The Morgan fingerprint density at radius 1 is 0.854 bits per heavy atom. The Balaban J connectivity index is 1.24. The first-order valence-corrected chi connectivity index (χ1v) is 14.3. The molecule has 0 saturated carbocycles. The quantitative estimate of drug-likeness (QED) is 0.237. The van der Waals surface area contributed by atoms with Gasteiger partial charge < -0.3 is 14.6 Å². The second-order valence-electron chi connectivity index (χ2n) is 11.0. The fraction of sp³-hybridized carbons (Fsp3) is 0.265. The summed E-state index contributed by atoms with van der Waals surface area (Å²) in [6, 6.07) is 28.4. The normalized spacial score (nSPS) is 14.1. The number of nitrogens with zero attached hydrogens (tertiary/aromatic N) is 4. The van der Waals surface area contributed by atoms with Crippen molar-refractivity contribution in [2.24, 2.45) is 5.92 Å². The van der Waals surface area contributed by atoms with E-state index in [1.54, 1.807) is 0 Å². The predicted octanol–water partition coefficient (Wildman–Crippen LogP) is 6.58. The first-order chi connectivity index (χ1) is 20.1. The summed E-state index contributed by atoms with van der Waals surface area (Å²) in [5.41, 5.74) is 5.38. The van der Waals surface area contributed by atoms with Gasteiger partial charge in [0.25, 0.3) is 5.91 Å². The monoisotopic (exact) mass is 545 g/mol. The molecule has 1 aliphatic heterocycles. The molecule has 0 unspecified atom stereocenters. The standard InChI is InChI=1S/C34H35N5O2/c1-24(2)21-35-32-30-29(26-11-7-4-8-12-26)31(41-33(30)37-23-36-32)27-13-15-28(16-14-27)34(40)39-19-17-38(18-20-39)22-25-9-5-3-6-10-25/h3-16,23-24H,17-22H2,1-2H3,(H,35,36,37). The van der Waals surface area contributed by atoms with Crippen LogP contribution in [-0.4, -0.2) is 58.4 Å². The lowest BCUT2D eigenvalue weighted by atomic mass is 9.98. The molecule has 1 fully saturated rings. The fourth-order valence-corrected chi connectivity index (χ4v) is 5.35. The van der Waals surface area contributed by atoms with E-state index in [-0.39, 0.29) is 5.91 Å². The molecule has 0 atom stereocenters. The molecule has 0 bridgehead atoms. The number of carbonyl (C=O) groups is 1. The van der Waals surface area contributed by atoms with Gasteiger partial charge in [0.05, 0.1) is 5.39 Å². The lowest BCUT2D eigenvalue weighted by Crippen LogP contribution is -2.48. The van der Waals surface area contributed by atoms with Crippen molar-refractivity contribution in [3.63, 3.8) is 0 Å². The Labute approximate surface area is 240 Å². The van der Waals surface area contributed by atoms with Crippen LogP contribution in [0.5, 0.6) is 0 Å². The van der Waals surface area contributed by atoms with Gasteiger partial charge in [-0.1, -0.05) is 86.6 Å². The van der Waals surface area contributed by atoms with Gasteiger partial charge in [-0.25, -0.2) is 9.97 Å². The van der Waals surface area contributed by atoms with Crippen molar-refractivity contribution in [2.75, 3.05) is 38.0 Å². The highest BCUT2D eigenvalue weighted by atomic mass is 16.3. The minimum Gasteiger partial charge on any atom is -0.437 e. The zero-order chi connectivity index (χ0) is 28.2. The van der Waals surface area contributed by atoms with Crippen LogP contribution in [0.15, 0.2) is 95.7 Å². The van der Waals surface area contributed by atoms with E-state index >= 15 is 0 Å². The summed E-state index contributed by atoms with van der Waals surface area (Å²) < 4.78 is 6.37. The van der Waals surface area contributed by atoms with E-state index in [0.29, 0.717) is 23.0 Å². The van der Waals surface area contributed by atoms with E-state index in [9.17, 15) is 4.79 Å². The molecule has 1 N–H and O–H groups in total.